The van der Waals surface area contributed by atoms with Crippen LogP contribution in [0, 0.1) is 6.92 Å². The minimum absolute atomic E-state index is 0.0791. The molecule has 0 saturated carbocycles. The standard InChI is InChI=1S/C20H25N5O2/c1-14(2)26-20-18-11-17(4-5-19(18)21-13-22-20)25-8-6-24(7-9-25)12-16-10-15(3)27-23-16/h4-5,10-11,13-14H,6-9,12H2,1-3H3. The quantitative estimate of drug-likeness (QED) is 0.686. The van der Waals surface area contributed by atoms with Crippen LogP contribution in [0.4, 0.5) is 5.69 Å². The number of ether oxygens (including phenoxy) is 1. The SMILES string of the molecule is Cc1cc(CN2CCN(c3ccc4ncnc(OC(C)C)c4c3)CC2)no1. The van der Waals surface area contributed by atoms with Crippen LogP contribution >= 0.6 is 0 Å². The van der Waals surface area contributed by atoms with Crippen molar-refractivity contribution >= 4 is 16.6 Å². The van der Waals surface area contributed by atoms with E-state index in [9.17, 15) is 0 Å². The molecule has 3 heterocycles. The molecule has 7 nitrogen and oxygen atoms in total. The number of rotatable bonds is 5. The summed E-state index contributed by atoms with van der Waals surface area (Å²) < 4.78 is 11.0. The van der Waals surface area contributed by atoms with E-state index in [0.717, 1.165) is 55.1 Å². The van der Waals surface area contributed by atoms with Gasteiger partial charge in [-0.25, -0.2) is 9.97 Å². The highest BCUT2D eigenvalue weighted by atomic mass is 16.5. The fourth-order valence-electron chi connectivity index (χ4n) is 3.42. The number of aromatic nitrogens is 3. The average Bonchev–Trinajstić information content (AvgIpc) is 3.07. The van der Waals surface area contributed by atoms with Crippen molar-refractivity contribution in [2.45, 2.75) is 33.4 Å². The van der Waals surface area contributed by atoms with Crippen molar-refractivity contribution in [3.8, 4) is 5.88 Å². The predicted molar refractivity (Wildman–Crippen MR) is 104 cm³/mol. The first kappa shape index (κ1) is 17.7. The second-order valence-corrected chi connectivity index (χ2v) is 7.24. The summed E-state index contributed by atoms with van der Waals surface area (Å²) >= 11 is 0. The third-order valence-corrected chi connectivity index (χ3v) is 4.73. The number of piperazine rings is 1. The highest BCUT2D eigenvalue weighted by Crippen LogP contribution is 2.28. The number of fused-ring (bicyclic) bond motifs is 1. The van der Waals surface area contributed by atoms with Crippen molar-refractivity contribution in [1.29, 1.82) is 0 Å². The Morgan fingerprint density at radius 2 is 1.93 bits per heavy atom. The van der Waals surface area contributed by atoms with Gasteiger partial charge in [-0.05, 0) is 39.0 Å². The molecule has 2 aromatic heterocycles. The summed E-state index contributed by atoms with van der Waals surface area (Å²) in [6.45, 7) is 10.7. The van der Waals surface area contributed by atoms with Gasteiger partial charge in [0.2, 0.25) is 5.88 Å². The Hall–Kier alpha value is -2.67. The average molecular weight is 367 g/mol. The van der Waals surface area contributed by atoms with Gasteiger partial charge in [0.25, 0.3) is 0 Å². The molecule has 0 spiro atoms. The van der Waals surface area contributed by atoms with Gasteiger partial charge in [0.15, 0.2) is 0 Å². The van der Waals surface area contributed by atoms with Gasteiger partial charge < -0.3 is 14.2 Å². The fourth-order valence-corrected chi connectivity index (χ4v) is 3.42. The Labute approximate surface area is 158 Å². The lowest BCUT2D eigenvalue weighted by molar-refractivity contribution is 0.235. The molecule has 0 bridgehead atoms. The second-order valence-electron chi connectivity index (χ2n) is 7.24. The summed E-state index contributed by atoms with van der Waals surface area (Å²) in [5.74, 6) is 1.51. The van der Waals surface area contributed by atoms with E-state index in [4.69, 9.17) is 9.26 Å². The zero-order valence-electron chi connectivity index (χ0n) is 16.1. The van der Waals surface area contributed by atoms with Gasteiger partial charge in [0.05, 0.1) is 22.7 Å². The van der Waals surface area contributed by atoms with Gasteiger partial charge in [0, 0.05) is 44.5 Å². The molecule has 1 aliphatic heterocycles. The van der Waals surface area contributed by atoms with Crippen LogP contribution in [-0.2, 0) is 6.54 Å². The molecular formula is C20H25N5O2. The third kappa shape index (κ3) is 4.03. The van der Waals surface area contributed by atoms with Crippen LogP contribution in [0.3, 0.4) is 0 Å². The lowest BCUT2D eigenvalue weighted by Gasteiger charge is -2.35. The highest BCUT2D eigenvalue weighted by molar-refractivity contribution is 5.86. The van der Waals surface area contributed by atoms with Crippen LogP contribution < -0.4 is 9.64 Å². The summed E-state index contributed by atoms with van der Waals surface area (Å²) in [6.07, 6.45) is 1.64. The molecule has 0 unspecified atom stereocenters. The van der Waals surface area contributed by atoms with E-state index in [0.29, 0.717) is 5.88 Å². The smallest absolute Gasteiger partial charge is 0.224 e. The van der Waals surface area contributed by atoms with E-state index < -0.39 is 0 Å². The van der Waals surface area contributed by atoms with E-state index >= 15 is 0 Å². The van der Waals surface area contributed by atoms with Crippen molar-refractivity contribution in [1.82, 2.24) is 20.0 Å². The Morgan fingerprint density at radius 3 is 2.63 bits per heavy atom. The Balaban J connectivity index is 1.47. The predicted octanol–water partition coefficient (Wildman–Crippen LogP) is 3.04. The Bertz CT molecular complexity index is 916. The van der Waals surface area contributed by atoms with Crippen molar-refractivity contribution in [3.63, 3.8) is 0 Å². The topological polar surface area (TPSA) is 67.5 Å². The molecule has 1 fully saturated rings. The summed E-state index contributed by atoms with van der Waals surface area (Å²) in [4.78, 5) is 13.5. The summed E-state index contributed by atoms with van der Waals surface area (Å²) in [6, 6.07) is 8.32. The molecule has 4 rings (SSSR count). The molecule has 0 aliphatic carbocycles. The zero-order chi connectivity index (χ0) is 18.8. The monoisotopic (exact) mass is 367 g/mol. The number of anilines is 1. The van der Waals surface area contributed by atoms with E-state index in [1.54, 1.807) is 6.33 Å². The van der Waals surface area contributed by atoms with Crippen LogP contribution in [0.15, 0.2) is 35.1 Å². The number of hydrogen-bond donors (Lipinski definition) is 0. The van der Waals surface area contributed by atoms with Crippen LogP contribution in [0.2, 0.25) is 0 Å². The number of hydrogen-bond acceptors (Lipinski definition) is 7. The molecule has 0 radical (unpaired) electrons. The van der Waals surface area contributed by atoms with Gasteiger partial charge in [-0.1, -0.05) is 5.16 Å². The van der Waals surface area contributed by atoms with Crippen LogP contribution in [0.5, 0.6) is 5.88 Å². The number of benzene rings is 1. The Morgan fingerprint density at radius 1 is 1.11 bits per heavy atom. The first-order chi connectivity index (χ1) is 13.1. The number of nitrogens with zero attached hydrogens (tertiary/aromatic N) is 5. The van der Waals surface area contributed by atoms with Crippen molar-refractivity contribution in [3.05, 3.63) is 42.0 Å². The lowest BCUT2D eigenvalue weighted by atomic mass is 10.2. The largest absolute Gasteiger partial charge is 0.474 e. The normalized spacial score (nSPS) is 15.6. The minimum Gasteiger partial charge on any atom is -0.474 e. The summed E-state index contributed by atoms with van der Waals surface area (Å²) in [5, 5.41) is 5.06. The molecule has 1 saturated heterocycles. The second kappa shape index (κ2) is 7.52. The first-order valence-electron chi connectivity index (χ1n) is 9.39. The Kier molecular flexibility index (Phi) is 4.94. The van der Waals surface area contributed by atoms with Crippen molar-refractivity contribution in [2.24, 2.45) is 0 Å². The summed E-state index contributed by atoms with van der Waals surface area (Å²) in [5.41, 5.74) is 3.09. The van der Waals surface area contributed by atoms with Crippen molar-refractivity contribution in [2.75, 3.05) is 31.1 Å². The number of aryl methyl sites for hydroxylation is 1. The molecule has 0 amide bonds. The van der Waals surface area contributed by atoms with E-state index in [1.807, 2.05) is 32.9 Å². The molecule has 1 aliphatic rings. The molecule has 7 heteroatoms. The van der Waals surface area contributed by atoms with E-state index in [-0.39, 0.29) is 6.10 Å². The van der Waals surface area contributed by atoms with Crippen molar-refractivity contribution < 1.29 is 9.26 Å². The first-order valence-corrected chi connectivity index (χ1v) is 9.39. The molecule has 1 aromatic carbocycles. The highest BCUT2D eigenvalue weighted by Gasteiger charge is 2.19. The van der Waals surface area contributed by atoms with Gasteiger partial charge >= 0.3 is 0 Å². The minimum atomic E-state index is 0.0791. The van der Waals surface area contributed by atoms with Gasteiger partial charge in [-0.2, -0.15) is 0 Å². The van der Waals surface area contributed by atoms with E-state index in [1.165, 1.54) is 5.69 Å². The van der Waals surface area contributed by atoms with Crippen LogP contribution in [0.1, 0.15) is 25.3 Å². The maximum absolute atomic E-state index is 5.86. The van der Waals surface area contributed by atoms with Gasteiger partial charge in [0.1, 0.15) is 12.1 Å². The lowest BCUT2D eigenvalue weighted by Crippen LogP contribution is -2.46. The fraction of sp³-hybridized carbons (Fsp3) is 0.450. The molecule has 27 heavy (non-hydrogen) atoms. The summed E-state index contributed by atoms with van der Waals surface area (Å²) in [7, 11) is 0. The zero-order valence-corrected chi connectivity index (χ0v) is 16.1. The maximum Gasteiger partial charge on any atom is 0.224 e. The van der Waals surface area contributed by atoms with Gasteiger partial charge in [-0.15, -0.1) is 0 Å². The molecule has 142 valence electrons. The maximum atomic E-state index is 5.86. The van der Waals surface area contributed by atoms with E-state index in [2.05, 4.69) is 37.1 Å². The third-order valence-electron chi connectivity index (χ3n) is 4.73. The molecule has 3 aromatic rings. The van der Waals surface area contributed by atoms with Crippen LogP contribution in [-0.4, -0.2) is 52.3 Å². The van der Waals surface area contributed by atoms with Gasteiger partial charge in [-0.3, -0.25) is 4.90 Å². The van der Waals surface area contributed by atoms with Crippen LogP contribution in [0.25, 0.3) is 10.9 Å². The molecule has 0 N–H and O–H groups in total. The molecule has 0 atom stereocenters. The molecular weight excluding hydrogens is 342 g/mol.